The Morgan fingerprint density at radius 1 is 1.14 bits per heavy atom. The molecule has 0 bridgehead atoms. The molecular formula is C20H17BrF2N4O. The van der Waals surface area contributed by atoms with Crippen LogP contribution in [0.5, 0.6) is 0 Å². The number of nitrogens with zero attached hydrogens (tertiary/aromatic N) is 3. The molecule has 1 aromatic carbocycles. The monoisotopic (exact) mass is 446 g/mol. The first kappa shape index (κ1) is 18.7. The Bertz CT molecular complexity index is 1130. The first-order valence-electron chi connectivity index (χ1n) is 8.81. The third-order valence-corrected chi connectivity index (χ3v) is 5.67. The molecule has 0 fully saturated rings. The van der Waals surface area contributed by atoms with Gasteiger partial charge in [0.15, 0.2) is 0 Å². The Morgan fingerprint density at radius 3 is 2.54 bits per heavy atom. The highest BCUT2D eigenvalue weighted by atomic mass is 79.9. The van der Waals surface area contributed by atoms with Crippen molar-refractivity contribution in [3.63, 3.8) is 0 Å². The Morgan fingerprint density at radius 2 is 1.86 bits per heavy atom. The molecule has 1 unspecified atom stereocenters. The number of anilines is 2. The van der Waals surface area contributed by atoms with Crippen molar-refractivity contribution in [3.8, 4) is 0 Å². The minimum Gasteiger partial charge on any atom is -0.324 e. The van der Waals surface area contributed by atoms with Gasteiger partial charge in [-0.3, -0.25) is 9.78 Å². The van der Waals surface area contributed by atoms with Gasteiger partial charge in [-0.25, -0.2) is 8.78 Å². The number of halogens is 3. The maximum Gasteiger partial charge on any atom is 0.289 e. The van der Waals surface area contributed by atoms with Crippen LogP contribution in [0.4, 0.5) is 20.4 Å². The van der Waals surface area contributed by atoms with E-state index in [1.807, 2.05) is 30.5 Å². The van der Waals surface area contributed by atoms with Crippen LogP contribution in [0.1, 0.15) is 35.1 Å². The molecule has 8 heteroatoms. The average Bonchev–Trinajstić information content (AvgIpc) is 3.06. The predicted molar refractivity (Wildman–Crippen MR) is 106 cm³/mol. The van der Waals surface area contributed by atoms with E-state index in [0.717, 1.165) is 23.1 Å². The zero-order valence-corrected chi connectivity index (χ0v) is 16.8. The number of rotatable bonds is 3. The predicted octanol–water partition coefficient (Wildman–Crippen LogP) is 4.58. The van der Waals surface area contributed by atoms with Crippen molar-refractivity contribution in [1.82, 2.24) is 14.5 Å². The van der Waals surface area contributed by atoms with Crippen molar-refractivity contribution in [1.29, 1.82) is 0 Å². The molecule has 0 amide bonds. The van der Waals surface area contributed by atoms with Crippen LogP contribution in [0, 0.1) is 25.5 Å². The van der Waals surface area contributed by atoms with Gasteiger partial charge in [-0.1, -0.05) is 0 Å². The topological polar surface area (TPSA) is 59.8 Å². The van der Waals surface area contributed by atoms with Crippen LogP contribution in [0.3, 0.4) is 0 Å². The van der Waals surface area contributed by atoms with E-state index in [1.54, 1.807) is 0 Å². The molecule has 1 atom stereocenters. The Kier molecular flexibility index (Phi) is 4.74. The summed E-state index contributed by atoms with van der Waals surface area (Å²) in [5.41, 5.74) is 3.20. The second kappa shape index (κ2) is 7.09. The van der Waals surface area contributed by atoms with E-state index in [4.69, 9.17) is 0 Å². The van der Waals surface area contributed by atoms with Crippen molar-refractivity contribution in [3.05, 3.63) is 79.4 Å². The first-order chi connectivity index (χ1) is 13.3. The number of nitrogens with one attached hydrogen (secondary N) is 1. The number of hydrogen-bond donors (Lipinski definition) is 1. The molecule has 0 spiro atoms. The highest BCUT2D eigenvalue weighted by molar-refractivity contribution is 9.10. The largest absolute Gasteiger partial charge is 0.324 e. The van der Waals surface area contributed by atoms with Crippen molar-refractivity contribution in [2.75, 3.05) is 5.32 Å². The van der Waals surface area contributed by atoms with E-state index in [1.165, 1.54) is 12.1 Å². The van der Waals surface area contributed by atoms with Crippen LogP contribution in [0.15, 0.2) is 39.6 Å². The van der Waals surface area contributed by atoms with E-state index in [2.05, 4.69) is 31.2 Å². The van der Waals surface area contributed by atoms with Crippen LogP contribution in [0.2, 0.25) is 0 Å². The van der Waals surface area contributed by atoms with Crippen molar-refractivity contribution < 1.29 is 8.78 Å². The highest BCUT2D eigenvalue weighted by Gasteiger charge is 2.30. The van der Waals surface area contributed by atoms with Crippen LogP contribution in [0.25, 0.3) is 0 Å². The van der Waals surface area contributed by atoms with Crippen molar-refractivity contribution in [2.45, 2.75) is 32.7 Å². The summed E-state index contributed by atoms with van der Waals surface area (Å²) in [5, 5.41) is 3.18. The molecule has 1 aliphatic heterocycles. The molecule has 0 saturated heterocycles. The van der Waals surface area contributed by atoms with Crippen molar-refractivity contribution >= 4 is 27.6 Å². The van der Waals surface area contributed by atoms with Crippen LogP contribution >= 0.6 is 15.9 Å². The maximum atomic E-state index is 13.8. The van der Waals surface area contributed by atoms with Crippen LogP contribution < -0.4 is 10.9 Å². The fraction of sp³-hybridized carbons (Fsp3) is 0.250. The molecule has 0 aliphatic carbocycles. The van der Waals surface area contributed by atoms with E-state index in [9.17, 15) is 13.6 Å². The van der Waals surface area contributed by atoms with Crippen LogP contribution in [-0.4, -0.2) is 14.5 Å². The van der Waals surface area contributed by atoms with Crippen LogP contribution in [-0.2, 0) is 6.42 Å². The summed E-state index contributed by atoms with van der Waals surface area (Å²) in [6.45, 7) is 3.75. The first-order valence-corrected chi connectivity index (χ1v) is 9.61. The van der Waals surface area contributed by atoms with E-state index in [0.29, 0.717) is 34.5 Å². The Balaban J connectivity index is 1.86. The SMILES string of the molecule is Cc1ccc(Nc2nc(=O)c(Br)c3n2C(c2cc(F)cc(F)c2)CC3)c(C)n1. The van der Waals surface area contributed by atoms with Gasteiger partial charge < -0.3 is 9.88 Å². The van der Waals surface area contributed by atoms with Gasteiger partial charge >= 0.3 is 0 Å². The average molecular weight is 447 g/mol. The van der Waals surface area contributed by atoms with Gasteiger partial charge in [0.2, 0.25) is 5.95 Å². The molecule has 3 aromatic rings. The molecule has 5 nitrogen and oxygen atoms in total. The fourth-order valence-corrected chi connectivity index (χ4v) is 4.11. The lowest BCUT2D eigenvalue weighted by Crippen LogP contribution is -2.21. The van der Waals surface area contributed by atoms with Gasteiger partial charge in [-0.05, 0) is 72.4 Å². The molecule has 28 heavy (non-hydrogen) atoms. The second-order valence-electron chi connectivity index (χ2n) is 6.84. The quantitative estimate of drug-likeness (QED) is 0.639. The third-order valence-electron chi connectivity index (χ3n) is 4.87. The lowest BCUT2D eigenvalue weighted by Gasteiger charge is -2.21. The van der Waals surface area contributed by atoms with Gasteiger partial charge in [-0.15, -0.1) is 0 Å². The fourth-order valence-electron chi connectivity index (χ4n) is 3.64. The standard InChI is InChI=1S/C20H17BrF2N4O/c1-10-3-4-15(11(2)24-10)25-20-26-19(28)18(21)17-6-5-16(27(17)20)12-7-13(22)9-14(23)8-12/h3-4,7-9,16H,5-6H2,1-2H3,(H,25,26,28). The molecule has 4 rings (SSSR count). The molecule has 2 aromatic heterocycles. The lowest BCUT2D eigenvalue weighted by molar-refractivity contribution is 0.559. The minimum absolute atomic E-state index is 0.323. The van der Waals surface area contributed by atoms with Gasteiger partial charge in [-0.2, -0.15) is 4.98 Å². The number of aryl methyl sites for hydroxylation is 2. The zero-order valence-electron chi connectivity index (χ0n) is 15.3. The lowest BCUT2D eigenvalue weighted by atomic mass is 10.0. The number of aromatic nitrogens is 3. The molecule has 1 N–H and O–H groups in total. The summed E-state index contributed by atoms with van der Waals surface area (Å²) < 4.78 is 29.8. The molecular weight excluding hydrogens is 430 g/mol. The molecule has 3 heterocycles. The summed E-state index contributed by atoms with van der Waals surface area (Å²) in [7, 11) is 0. The van der Waals surface area contributed by atoms with E-state index in [-0.39, 0.29) is 6.04 Å². The Labute approximate surface area is 168 Å². The van der Waals surface area contributed by atoms with E-state index >= 15 is 0 Å². The van der Waals surface area contributed by atoms with Crippen molar-refractivity contribution in [2.24, 2.45) is 0 Å². The summed E-state index contributed by atoms with van der Waals surface area (Å²) in [5.74, 6) is -0.946. The normalized spacial score (nSPS) is 15.5. The third kappa shape index (κ3) is 3.32. The molecule has 0 saturated carbocycles. The van der Waals surface area contributed by atoms with Gasteiger partial charge in [0, 0.05) is 17.5 Å². The summed E-state index contributed by atoms with van der Waals surface area (Å²) >= 11 is 3.32. The molecule has 0 radical (unpaired) electrons. The number of pyridine rings is 1. The Hall–Kier alpha value is -2.61. The molecule has 1 aliphatic rings. The second-order valence-corrected chi connectivity index (χ2v) is 7.63. The smallest absolute Gasteiger partial charge is 0.289 e. The maximum absolute atomic E-state index is 13.8. The van der Waals surface area contributed by atoms with Gasteiger partial charge in [0.05, 0.1) is 17.4 Å². The number of benzene rings is 1. The van der Waals surface area contributed by atoms with E-state index < -0.39 is 17.2 Å². The van der Waals surface area contributed by atoms with Gasteiger partial charge in [0.25, 0.3) is 5.56 Å². The molecule has 144 valence electrons. The summed E-state index contributed by atoms with van der Waals surface area (Å²) in [6, 6.07) is 6.86. The minimum atomic E-state index is -0.635. The summed E-state index contributed by atoms with van der Waals surface area (Å²) in [4.78, 5) is 20.9. The summed E-state index contributed by atoms with van der Waals surface area (Å²) in [6.07, 6.45) is 1.19. The number of fused-ring (bicyclic) bond motifs is 1. The van der Waals surface area contributed by atoms with Gasteiger partial charge in [0.1, 0.15) is 16.1 Å². The highest BCUT2D eigenvalue weighted by Crippen LogP contribution is 2.37. The zero-order chi connectivity index (χ0) is 20.0. The number of hydrogen-bond acceptors (Lipinski definition) is 4.